The van der Waals surface area contributed by atoms with Gasteiger partial charge >= 0.3 is 0 Å². The highest BCUT2D eigenvalue weighted by molar-refractivity contribution is 8.01. The summed E-state index contributed by atoms with van der Waals surface area (Å²) < 4.78 is 37.8. The second-order valence-corrected chi connectivity index (χ2v) is 11.8. The standard InChI is InChI=1S/C21H22N2O6S3/c24-19(23-25)21(9-11-28-12-10-21)32(26,27)16-7-5-15(6-8-16)29-13-14-30-20-22-17-3-1-2-4-18(17)31-20/h1-8,25H,9-14H2,(H,23,24). The predicted molar refractivity (Wildman–Crippen MR) is 122 cm³/mol. The number of hydroxylamine groups is 1. The smallest absolute Gasteiger partial charge is 0.265 e. The molecule has 32 heavy (non-hydrogen) atoms. The van der Waals surface area contributed by atoms with Crippen molar-refractivity contribution in [3.8, 4) is 5.75 Å². The molecule has 0 bridgehead atoms. The molecule has 11 heteroatoms. The number of nitrogens with zero attached hydrogens (tertiary/aromatic N) is 1. The van der Waals surface area contributed by atoms with E-state index in [4.69, 9.17) is 14.7 Å². The van der Waals surface area contributed by atoms with Crippen molar-refractivity contribution >= 4 is 49.1 Å². The van der Waals surface area contributed by atoms with Crippen LogP contribution in [-0.2, 0) is 19.4 Å². The minimum absolute atomic E-state index is 0.000740. The lowest BCUT2D eigenvalue weighted by Crippen LogP contribution is -2.54. The number of hydrogen-bond acceptors (Lipinski definition) is 9. The molecule has 8 nitrogen and oxygen atoms in total. The Kier molecular flexibility index (Phi) is 7.01. The van der Waals surface area contributed by atoms with Crippen LogP contribution >= 0.6 is 23.1 Å². The summed E-state index contributed by atoms with van der Waals surface area (Å²) in [6.07, 6.45) is -0.0497. The lowest BCUT2D eigenvalue weighted by Gasteiger charge is -2.34. The maximum atomic E-state index is 13.2. The van der Waals surface area contributed by atoms with Crippen LogP contribution in [0.3, 0.4) is 0 Å². The number of hydrogen-bond donors (Lipinski definition) is 2. The van der Waals surface area contributed by atoms with Gasteiger partial charge in [-0.3, -0.25) is 10.0 Å². The summed E-state index contributed by atoms with van der Waals surface area (Å²) in [5.41, 5.74) is 2.50. The Labute approximate surface area is 193 Å². The Morgan fingerprint density at radius 2 is 1.91 bits per heavy atom. The number of benzene rings is 2. The van der Waals surface area contributed by atoms with Gasteiger partial charge in [-0.25, -0.2) is 18.9 Å². The molecule has 0 radical (unpaired) electrons. The van der Waals surface area contributed by atoms with Crippen LogP contribution in [0, 0.1) is 0 Å². The Morgan fingerprint density at radius 1 is 1.19 bits per heavy atom. The van der Waals surface area contributed by atoms with Gasteiger partial charge in [0.25, 0.3) is 5.91 Å². The average Bonchev–Trinajstić information content (AvgIpc) is 3.25. The van der Waals surface area contributed by atoms with E-state index in [0.29, 0.717) is 18.1 Å². The first-order valence-electron chi connectivity index (χ1n) is 9.94. The molecule has 0 aliphatic carbocycles. The normalized spacial score (nSPS) is 16.0. The minimum Gasteiger partial charge on any atom is -0.493 e. The van der Waals surface area contributed by atoms with Crippen molar-refractivity contribution in [1.29, 1.82) is 0 Å². The fourth-order valence-electron chi connectivity index (χ4n) is 3.56. The SMILES string of the molecule is O=C(NO)C1(S(=O)(=O)c2ccc(OCCSc3nc4ccccc4s3)cc2)CCOCC1. The number of aromatic nitrogens is 1. The molecule has 2 N–H and O–H groups in total. The molecular weight excluding hydrogens is 472 g/mol. The molecule has 2 heterocycles. The molecule has 4 rings (SSSR count). The Bertz CT molecular complexity index is 1150. The fraction of sp³-hybridized carbons (Fsp3) is 0.333. The van der Waals surface area contributed by atoms with Crippen LogP contribution in [0.1, 0.15) is 12.8 Å². The van der Waals surface area contributed by atoms with Gasteiger partial charge in [-0.2, -0.15) is 0 Å². The van der Waals surface area contributed by atoms with E-state index in [0.717, 1.165) is 14.6 Å². The minimum atomic E-state index is -4.04. The number of thioether (sulfide) groups is 1. The van der Waals surface area contributed by atoms with Gasteiger partial charge < -0.3 is 9.47 Å². The van der Waals surface area contributed by atoms with Crippen molar-refractivity contribution in [2.45, 2.75) is 26.8 Å². The van der Waals surface area contributed by atoms with Gasteiger partial charge in [-0.1, -0.05) is 23.9 Å². The summed E-state index contributed by atoms with van der Waals surface area (Å²) in [7, 11) is -4.04. The van der Waals surface area contributed by atoms with E-state index in [1.807, 2.05) is 24.3 Å². The van der Waals surface area contributed by atoms with Crippen LogP contribution in [0.2, 0.25) is 0 Å². The predicted octanol–water partition coefficient (Wildman–Crippen LogP) is 3.30. The Balaban J connectivity index is 1.38. The van der Waals surface area contributed by atoms with Crippen molar-refractivity contribution in [3.05, 3.63) is 48.5 Å². The number of nitrogens with one attached hydrogen (secondary N) is 1. The molecule has 1 aromatic heterocycles. The van der Waals surface area contributed by atoms with Crippen molar-refractivity contribution < 1.29 is 27.9 Å². The third-order valence-electron chi connectivity index (χ3n) is 5.32. The molecular formula is C21H22N2O6S3. The van der Waals surface area contributed by atoms with Gasteiger partial charge in [0.15, 0.2) is 18.9 Å². The fourth-order valence-corrected chi connectivity index (χ4v) is 7.46. The lowest BCUT2D eigenvalue weighted by atomic mass is 9.98. The topological polar surface area (TPSA) is 115 Å². The summed E-state index contributed by atoms with van der Waals surface area (Å²) in [4.78, 5) is 16.9. The van der Waals surface area contributed by atoms with Crippen LogP contribution in [0.5, 0.6) is 5.75 Å². The highest BCUT2D eigenvalue weighted by atomic mass is 32.2. The maximum absolute atomic E-state index is 13.2. The van der Waals surface area contributed by atoms with Gasteiger partial charge in [0.2, 0.25) is 0 Å². The van der Waals surface area contributed by atoms with Crippen molar-refractivity contribution in [2.24, 2.45) is 0 Å². The number of thiazole rings is 1. The molecule has 1 aliphatic rings. The number of carbonyl (C=O) groups excluding carboxylic acids is 1. The molecule has 0 atom stereocenters. The molecule has 0 spiro atoms. The molecule has 1 amide bonds. The molecule has 0 saturated carbocycles. The van der Waals surface area contributed by atoms with Crippen LogP contribution in [-0.4, -0.2) is 54.8 Å². The van der Waals surface area contributed by atoms with Crippen molar-refractivity contribution in [3.63, 3.8) is 0 Å². The number of amides is 1. The molecule has 1 fully saturated rings. The maximum Gasteiger partial charge on any atom is 0.265 e. The summed E-state index contributed by atoms with van der Waals surface area (Å²) in [5.74, 6) is 0.286. The van der Waals surface area contributed by atoms with Crippen LogP contribution in [0.4, 0.5) is 0 Å². The van der Waals surface area contributed by atoms with E-state index in [1.54, 1.807) is 35.2 Å². The van der Waals surface area contributed by atoms with Gasteiger partial charge in [0.1, 0.15) is 5.75 Å². The van der Waals surface area contributed by atoms with E-state index in [9.17, 15) is 13.2 Å². The van der Waals surface area contributed by atoms with Crippen molar-refractivity contribution in [1.82, 2.24) is 10.5 Å². The van der Waals surface area contributed by atoms with E-state index < -0.39 is 20.5 Å². The van der Waals surface area contributed by atoms with E-state index in [-0.39, 0.29) is 31.0 Å². The number of sulfone groups is 1. The quantitative estimate of drug-likeness (QED) is 0.212. The van der Waals surface area contributed by atoms with Gasteiger partial charge in [0.05, 0.1) is 21.7 Å². The number of fused-ring (bicyclic) bond motifs is 1. The summed E-state index contributed by atoms with van der Waals surface area (Å²) in [6, 6.07) is 14.0. The molecule has 3 aromatic rings. The lowest BCUT2D eigenvalue weighted by molar-refractivity contribution is -0.134. The first-order chi connectivity index (χ1) is 15.5. The highest BCUT2D eigenvalue weighted by Crippen LogP contribution is 2.36. The molecule has 1 saturated heterocycles. The van der Waals surface area contributed by atoms with Gasteiger partial charge in [-0.15, -0.1) is 11.3 Å². The van der Waals surface area contributed by atoms with E-state index in [2.05, 4.69) is 4.98 Å². The largest absolute Gasteiger partial charge is 0.493 e. The summed E-state index contributed by atoms with van der Waals surface area (Å²) >= 11 is 3.24. The number of rotatable bonds is 8. The van der Waals surface area contributed by atoms with Crippen LogP contribution in [0.25, 0.3) is 10.2 Å². The second-order valence-electron chi connectivity index (χ2n) is 7.17. The third-order valence-corrected chi connectivity index (χ3v) is 9.97. The number of ether oxygens (including phenoxy) is 2. The van der Waals surface area contributed by atoms with Crippen molar-refractivity contribution in [2.75, 3.05) is 25.6 Å². The third kappa shape index (κ3) is 4.48. The monoisotopic (exact) mass is 494 g/mol. The Morgan fingerprint density at radius 3 is 2.59 bits per heavy atom. The zero-order chi connectivity index (χ0) is 22.6. The summed E-state index contributed by atoms with van der Waals surface area (Å²) in [5, 5.41) is 9.12. The molecule has 170 valence electrons. The molecule has 2 aromatic carbocycles. The number of para-hydroxylation sites is 1. The summed E-state index contributed by atoms with van der Waals surface area (Å²) in [6.45, 7) is 0.682. The van der Waals surface area contributed by atoms with Gasteiger partial charge in [-0.05, 0) is 49.2 Å². The average molecular weight is 495 g/mol. The zero-order valence-electron chi connectivity index (χ0n) is 17.0. The van der Waals surface area contributed by atoms with Crippen LogP contribution in [0.15, 0.2) is 57.8 Å². The molecule has 0 unspecified atom stereocenters. The molecule has 1 aliphatic heterocycles. The van der Waals surface area contributed by atoms with Crippen LogP contribution < -0.4 is 10.2 Å². The first kappa shape index (κ1) is 23.0. The van der Waals surface area contributed by atoms with E-state index in [1.165, 1.54) is 17.6 Å². The van der Waals surface area contributed by atoms with E-state index >= 15 is 0 Å². The highest BCUT2D eigenvalue weighted by Gasteiger charge is 2.52. The second kappa shape index (κ2) is 9.75. The Hall–Kier alpha value is -2.18. The van der Waals surface area contributed by atoms with Gasteiger partial charge in [0, 0.05) is 19.0 Å². The first-order valence-corrected chi connectivity index (χ1v) is 13.2. The zero-order valence-corrected chi connectivity index (χ0v) is 19.5. The number of carbonyl (C=O) groups is 1.